The summed E-state index contributed by atoms with van der Waals surface area (Å²) in [5.41, 5.74) is 2.63. The van der Waals surface area contributed by atoms with E-state index in [1.165, 1.54) is 0 Å². The highest BCUT2D eigenvalue weighted by molar-refractivity contribution is 5.68. The van der Waals surface area contributed by atoms with E-state index in [4.69, 9.17) is 9.84 Å². The van der Waals surface area contributed by atoms with Crippen molar-refractivity contribution in [2.45, 2.75) is 51.1 Å². The molecule has 0 saturated heterocycles. The number of hydrogen-bond acceptors (Lipinski definition) is 5. The number of carboxylic acids is 1. The molecule has 0 bridgehead atoms. The Morgan fingerprint density at radius 3 is 2.62 bits per heavy atom. The molecule has 1 aromatic heterocycles. The zero-order chi connectivity index (χ0) is 26.6. The molecule has 0 saturated carbocycles. The number of aliphatic carboxylic acids is 1. The molecule has 3 aromatic rings. The van der Waals surface area contributed by atoms with E-state index in [0.29, 0.717) is 25.1 Å². The third-order valence-electron chi connectivity index (χ3n) is 6.70. The molecule has 1 atom stereocenters. The Balaban J connectivity index is 1.38. The fraction of sp³-hybridized carbons (Fsp3) is 0.393. The molecule has 0 amide bonds. The molecule has 2 aromatic carbocycles. The minimum absolute atomic E-state index is 0.0495. The minimum Gasteiger partial charge on any atom is -0.494 e. The van der Waals surface area contributed by atoms with E-state index in [-0.39, 0.29) is 24.0 Å². The summed E-state index contributed by atoms with van der Waals surface area (Å²) in [5, 5.41) is 9.08. The smallest absolute Gasteiger partial charge is 0.419 e. The van der Waals surface area contributed by atoms with E-state index in [9.17, 15) is 18.0 Å². The number of benzene rings is 2. The Kier molecular flexibility index (Phi) is 8.00. The van der Waals surface area contributed by atoms with Gasteiger partial charge in [-0.05, 0) is 60.4 Å². The first-order valence-electron chi connectivity index (χ1n) is 12.4. The standard InChI is InChI=1S/C28H30F3N3O3/c1-3-18-5-7-19(8-6-18)26-24(28(29,30)31)17-32-27(33-26)34(2)13-4-14-37-22-11-12-23-20(15-22)9-10-21(23)16-25(35)36/h5-8,11-12,15,17,21H,3-4,9-10,13-14,16H2,1-2H3,(H,35,36)/t21-/m0/s1. The first-order chi connectivity index (χ1) is 17.7. The van der Waals surface area contributed by atoms with Crippen molar-refractivity contribution in [3.05, 3.63) is 70.9 Å². The number of aryl methyl sites for hydroxylation is 2. The number of hydrogen-bond donors (Lipinski definition) is 1. The molecule has 37 heavy (non-hydrogen) atoms. The van der Waals surface area contributed by atoms with Crippen LogP contribution in [0.25, 0.3) is 11.3 Å². The van der Waals surface area contributed by atoms with Crippen LogP contribution < -0.4 is 9.64 Å². The molecule has 6 nitrogen and oxygen atoms in total. The van der Waals surface area contributed by atoms with Gasteiger partial charge in [-0.15, -0.1) is 0 Å². The van der Waals surface area contributed by atoms with E-state index >= 15 is 0 Å². The van der Waals surface area contributed by atoms with Gasteiger partial charge in [0, 0.05) is 25.4 Å². The van der Waals surface area contributed by atoms with Gasteiger partial charge in [-0.25, -0.2) is 9.97 Å². The molecule has 1 aliphatic carbocycles. The maximum Gasteiger partial charge on any atom is 0.419 e. The van der Waals surface area contributed by atoms with Crippen LogP contribution in [-0.2, 0) is 23.8 Å². The lowest BCUT2D eigenvalue weighted by molar-refractivity contribution is -0.138. The number of carboxylic acid groups (broad SMARTS) is 1. The molecule has 1 N–H and O–H groups in total. The first-order valence-corrected chi connectivity index (χ1v) is 12.4. The highest BCUT2D eigenvalue weighted by Gasteiger charge is 2.35. The Morgan fingerprint density at radius 2 is 1.95 bits per heavy atom. The van der Waals surface area contributed by atoms with Crippen LogP contribution in [0, 0.1) is 0 Å². The third kappa shape index (κ3) is 6.39. The second-order valence-corrected chi connectivity index (χ2v) is 9.30. The Morgan fingerprint density at radius 1 is 1.19 bits per heavy atom. The molecule has 0 radical (unpaired) electrons. The van der Waals surface area contributed by atoms with Gasteiger partial charge in [0.1, 0.15) is 11.3 Å². The number of nitrogens with zero attached hydrogens (tertiary/aromatic N) is 3. The minimum atomic E-state index is -4.56. The third-order valence-corrected chi connectivity index (χ3v) is 6.70. The van der Waals surface area contributed by atoms with E-state index in [2.05, 4.69) is 9.97 Å². The van der Waals surface area contributed by atoms with Crippen molar-refractivity contribution in [3.63, 3.8) is 0 Å². The van der Waals surface area contributed by atoms with Crippen LogP contribution in [0.3, 0.4) is 0 Å². The van der Waals surface area contributed by atoms with Crippen LogP contribution in [0.1, 0.15) is 54.4 Å². The number of ether oxygens (including phenoxy) is 1. The molecular weight excluding hydrogens is 483 g/mol. The second-order valence-electron chi connectivity index (χ2n) is 9.30. The molecule has 1 aliphatic rings. The summed E-state index contributed by atoms with van der Waals surface area (Å²) in [6, 6.07) is 12.7. The summed E-state index contributed by atoms with van der Waals surface area (Å²) in [4.78, 5) is 21.0. The summed E-state index contributed by atoms with van der Waals surface area (Å²) < 4.78 is 46.8. The zero-order valence-corrected chi connectivity index (χ0v) is 20.9. The van der Waals surface area contributed by atoms with E-state index in [0.717, 1.165) is 47.9 Å². The largest absolute Gasteiger partial charge is 0.494 e. The lowest BCUT2D eigenvalue weighted by Crippen LogP contribution is -2.23. The summed E-state index contributed by atoms with van der Waals surface area (Å²) in [6.07, 6.45) is -0.510. The number of carbonyl (C=O) groups is 1. The average molecular weight is 514 g/mol. The predicted molar refractivity (Wildman–Crippen MR) is 135 cm³/mol. The van der Waals surface area contributed by atoms with Crippen LogP contribution in [0.15, 0.2) is 48.7 Å². The fourth-order valence-electron chi connectivity index (χ4n) is 4.67. The Hall–Kier alpha value is -3.62. The molecule has 0 spiro atoms. The van der Waals surface area contributed by atoms with E-state index in [1.54, 1.807) is 24.1 Å². The maximum atomic E-state index is 13.6. The number of halogens is 3. The van der Waals surface area contributed by atoms with Gasteiger partial charge in [-0.3, -0.25) is 4.79 Å². The SMILES string of the molecule is CCc1ccc(-c2nc(N(C)CCCOc3ccc4c(c3)CC[C@H]4CC(=O)O)ncc2C(F)(F)F)cc1. The maximum absolute atomic E-state index is 13.6. The fourth-order valence-corrected chi connectivity index (χ4v) is 4.67. The van der Waals surface area contributed by atoms with Crippen LogP contribution in [0.4, 0.5) is 19.1 Å². The van der Waals surface area contributed by atoms with Gasteiger partial charge in [0.2, 0.25) is 5.95 Å². The highest BCUT2D eigenvalue weighted by atomic mass is 19.4. The van der Waals surface area contributed by atoms with Crippen molar-refractivity contribution in [2.24, 2.45) is 0 Å². The molecule has 4 rings (SSSR count). The number of aromatic nitrogens is 2. The second kappa shape index (κ2) is 11.2. The van der Waals surface area contributed by atoms with Crippen LogP contribution in [0.2, 0.25) is 0 Å². The number of fused-ring (bicyclic) bond motifs is 1. The summed E-state index contributed by atoms with van der Waals surface area (Å²) in [5.74, 6) is 0.194. The molecular formula is C28H30F3N3O3. The summed E-state index contributed by atoms with van der Waals surface area (Å²) in [7, 11) is 1.74. The average Bonchev–Trinajstić information content (AvgIpc) is 3.26. The van der Waals surface area contributed by atoms with Crippen molar-refractivity contribution in [1.29, 1.82) is 0 Å². The summed E-state index contributed by atoms with van der Waals surface area (Å²) in [6.45, 7) is 2.89. The van der Waals surface area contributed by atoms with Crippen molar-refractivity contribution in [3.8, 4) is 17.0 Å². The highest BCUT2D eigenvalue weighted by Crippen LogP contribution is 2.38. The van der Waals surface area contributed by atoms with Crippen molar-refractivity contribution < 1.29 is 27.8 Å². The van der Waals surface area contributed by atoms with Gasteiger partial charge in [-0.2, -0.15) is 13.2 Å². The number of rotatable bonds is 10. The van der Waals surface area contributed by atoms with Crippen molar-refractivity contribution in [2.75, 3.05) is 25.1 Å². The van der Waals surface area contributed by atoms with Crippen LogP contribution >= 0.6 is 0 Å². The monoisotopic (exact) mass is 513 g/mol. The van der Waals surface area contributed by atoms with Crippen molar-refractivity contribution in [1.82, 2.24) is 9.97 Å². The quantitative estimate of drug-likeness (QED) is 0.329. The van der Waals surface area contributed by atoms with Gasteiger partial charge in [0.15, 0.2) is 0 Å². The van der Waals surface area contributed by atoms with Gasteiger partial charge in [0.25, 0.3) is 0 Å². The van der Waals surface area contributed by atoms with Gasteiger partial charge < -0.3 is 14.7 Å². The predicted octanol–water partition coefficient (Wildman–Crippen LogP) is 6.13. The zero-order valence-electron chi connectivity index (χ0n) is 20.9. The lowest BCUT2D eigenvalue weighted by Gasteiger charge is -2.20. The Labute approximate surface area is 214 Å². The molecule has 0 aliphatic heterocycles. The van der Waals surface area contributed by atoms with Gasteiger partial charge >= 0.3 is 12.1 Å². The van der Waals surface area contributed by atoms with Gasteiger partial charge in [-0.1, -0.05) is 37.3 Å². The topological polar surface area (TPSA) is 75.6 Å². The Bertz CT molecular complexity index is 1250. The van der Waals surface area contributed by atoms with Gasteiger partial charge in [0.05, 0.1) is 18.7 Å². The molecule has 1 heterocycles. The lowest BCUT2D eigenvalue weighted by atomic mass is 9.98. The molecule has 0 unspecified atom stereocenters. The molecule has 9 heteroatoms. The number of alkyl halides is 3. The van der Waals surface area contributed by atoms with E-state index in [1.807, 2.05) is 37.3 Å². The normalized spacial score (nSPS) is 14.9. The number of anilines is 1. The summed E-state index contributed by atoms with van der Waals surface area (Å²) >= 11 is 0. The molecule has 196 valence electrons. The van der Waals surface area contributed by atoms with Crippen LogP contribution in [0.5, 0.6) is 5.75 Å². The van der Waals surface area contributed by atoms with E-state index < -0.39 is 17.7 Å². The molecule has 0 fully saturated rings. The van der Waals surface area contributed by atoms with Crippen LogP contribution in [-0.4, -0.2) is 41.2 Å². The van der Waals surface area contributed by atoms with Crippen molar-refractivity contribution >= 4 is 11.9 Å². The first kappa shape index (κ1) is 26.4.